The van der Waals surface area contributed by atoms with Crippen LogP contribution in [0.25, 0.3) is 0 Å². The van der Waals surface area contributed by atoms with Gasteiger partial charge in [0.15, 0.2) is 0 Å². The van der Waals surface area contributed by atoms with Crippen molar-refractivity contribution in [1.29, 1.82) is 0 Å². The van der Waals surface area contributed by atoms with Gasteiger partial charge >= 0.3 is 11.9 Å². The van der Waals surface area contributed by atoms with Crippen molar-refractivity contribution in [3.8, 4) is 0 Å². The average molecular weight is 281 g/mol. The summed E-state index contributed by atoms with van der Waals surface area (Å²) in [7, 11) is -0.760. The first-order chi connectivity index (χ1) is 8.29. The monoisotopic (exact) mass is 281 g/mol. The third kappa shape index (κ3) is 7.23. The fourth-order valence-corrected chi connectivity index (χ4v) is 2.48. The fourth-order valence-electron chi connectivity index (χ4n) is 1.25. The van der Waals surface area contributed by atoms with Crippen molar-refractivity contribution in [3.63, 3.8) is 0 Å². The fraction of sp³-hybridized carbons (Fsp3) is 0.800. The number of esters is 1. The van der Waals surface area contributed by atoms with E-state index >= 15 is 0 Å². The molecule has 0 aliphatic rings. The smallest absolute Gasteiger partial charge is 0.305 e. The summed E-state index contributed by atoms with van der Waals surface area (Å²) in [5, 5.41) is 8.42. The standard InChI is InChI=1S/C10H19NO6S/c1-11(7-3-6-10(14)17-2)18(15,16)8-4-5-9(12)13/h3-8H2,1-2H3,(H,12,13). The van der Waals surface area contributed by atoms with E-state index in [1.165, 1.54) is 14.2 Å². The van der Waals surface area contributed by atoms with Crippen molar-refractivity contribution in [2.24, 2.45) is 0 Å². The summed E-state index contributed by atoms with van der Waals surface area (Å²) in [5.41, 5.74) is 0. The van der Waals surface area contributed by atoms with Gasteiger partial charge in [0.2, 0.25) is 10.0 Å². The molecular formula is C10H19NO6S. The number of methoxy groups -OCH3 is 1. The highest BCUT2D eigenvalue weighted by atomic mass is 32.2. The molecule has 0 aliphatic carbocycles. The zero-order valence-corrected chi connectivity index (χ0v) is 11.4. The number of rotatable bonds is 9. The minimum absolute atomic E-state index is 0.0823. The molecule has 1 N–H and O–H groups in total. The molecule has 0 heterocycles. The van der Waals surface area contributed by atoms with E-state index in [1.807, 2.05) is 0 Å². The van der Waals surface area contributed by atoms with Crippen molar-refractivity contribution >= 4 is 22.0 Å². The zero-order valence-electron chi connectivity index (χ0n) is 10.6. The van der Waals surface area contributed by atoms with Gasteiger partial charge < -0.3 is 9.84 Å². The van der Waals surface area contributed by atoms with E-state index in [0.29, 0.717) is 6.42 Å². The highest BCUT2D eigenvalue weighted by Gasteiger charge is 2.17. The molecule has 0 radical (unpaired) electrons. The quantitative estimate of drug-likeness (QED) is 0.600. The number of carboxylic acids is 1. The van der Waals surface area contributed by atoms with Crippen molar-refractivity contribution in [2.45, 2.75) is 25.7 Å². The minimum atomic E-state index is -3.44. The molecule has 18 heavy (non-hydrogen) atoms. The number of ether oxygens (including phenoxy) is 1. The summed E-state index contributed by atoms with van der Waals surface area (Å²) in [6.45, 7) is 0.213. The molecule has 0 amide bonds. The summed E-state index contributed by atoms with van der Waals surface area (Å²) in [5.74, 6) is -1.60. The molecule has 8 heteroatoms. The Morgan fingerprint density at radius 2 is 1.83 bits per heavy atom. The molecule has 0 atom stereocenters. The topological polar surface area (TPSA) is 101 Å². The van der Waals surface area contributed by atoms with Crippen LogP contribution in [0.3, 0.4) is 0 Å². The van der Waals surface area contributed by atoms with E-state index < -0.39 is 16.0 Å². The van der Waals surface area contributed by atoms with Gasteiger partial charge in [-0.05, 0) is 12.8 Å². The van der Waals surface area contributed by atoms with Gasteiger partial charge in [-0.15, -0.1) is 0 Å². The Labute approximate surface area is 107 Å². The number of hydrogen-bond donors (Lipinski definition) is 1. The molecule has 0 saturated heterocycles. The van der Waals surface area contributed by atoms with E-state index in [-0.39, 0.29) is 37.5 Å². The predicted octanol–water partition coefficient (Wildman–Crippen LogP) is 0.0660. The second kappa shape index (κ2) is 8.04. The Balaban J connectivity index is 4.02. The van der Waals surface area contributed by atoms with Crippen LogP contribution in [0.15, 0.2) is 0 Å². The lowest BCUT2D eigenvalue weighted by atomic mass is 10.3. The molecular weight excluding hydrogens is 262 g/mol. The normalized spacial score (nSPS) is 11.5. The molecule has 106 valence electrons. The molecule has 7 nitrogen and oxygen atoms in total. The summed E-state index contributed by atoms with van der Waals surface area (Å²) in [6.07, 6.45) is 0.445. The summed E-state index contributed by atoms with van der Waals surface area (Å²) >= 11 is 0. The molecule has 0 aromatic heterocycles. The number of hydrogen-bond acceptors (Lipinski definition) is 5. The number of aliphatic carboxylic acids is 1. The van der Waals surface area contributed by atoms with Crippen molar-refractivity contribution in [3.05, 3.63) is 0 Å². The Bertz CT molecular complexity index is 378. The highest BCUT2D eigenvalue weighted by molar-refractivity contribution is 7.89. The van der Waals surface area contributed by atoms with Crippen LogP contribution in [0.2, 0.25) is 0 Å². The van der Waals surface area contributed by atoms with Crippen molar-refractivity contribution in [2.75, 3.05) is 26.5 Å². The predicted molar refractivity (Wildman–Crippen MR) is 64.5 cm³/mol. The van der Waals surface area contributed by atoms with E-state index in [1.54, 1.807) is 0 Å². The number of carbonyl (C=O) groups is 2. The maximum atomic E-state index is 11.7. The van der Waals surface area contributed by atoms with Crippen LogP contribution in [-0.2, 0) is 24.3 Å². The summed E-state index contributed by atoms with van der Waals surface area (Å²) in [6, 6.07) is 0. The minimum Gasteiger partial charge on any atom is -0.481 e. The third-order valence-corrected chi connectivity index (χ3v) is 4.29. The van der Waals surface area contributed by atoms with Crippen molar-refractivity contribution in [1.82, 2.24) is 4.31 Å². The van der Waals surface area contributed by atoms with E-state index in [2.05, 4.69) is 4.74 Å². The Hall–Kier alpha value is -1.15. The first kappa shape index (κ1) is 16.9. The Kier molecular flexibility index (Phi) is 7.53. The van der Waals surface area contributed by atoms with Gasteiger partial charge in [-0.3, -0.25) is 9.59 Å². The van der Waals surface area contributed by atoms with Gasteiger partial charge in [0, 0.05) is 26.4 Å². The van der Waals surface area contributed by atoms with Crippen LogP contribution in [0.5, 0.6) is 0 Å². The molecule has 0 rings (SSSR count). The SMILES string of the molecule is COC(=O)CCCN(C)S(=O)(=O)CCCC(=O)O. The molecule has 0 fully saturated rings. The van der Waals surface area contributed by atoms with Gasteiger partial charge in [-0.1, -0.05) is 0 Å². The van der Waals surface area contributed by atoms with Gasteiger partial charge in [0.1, 0.15) is 0 Å². The molecule has 0 aliphatic heterocycles. The van der Waals surface area contributed by atoms with E-state index in [9.17, 15) is 18.0 Å². The lowest BCUT2D eigenvalue weighted by Gasteiger charge is -2.16. The number of carbonyl (C=O) groups excluding carboxylic acids is 1. The van der Waals surface area contributed by atoms with Gasteiger partial charge in [-0.25, -0.2) is 12.7 Å². The van der Waals surface area contributed by atoms with Crippen LogP contribution in [0.4, 0.5) is 0 Å². The maximum absolute atomic E-state index is 11.7. The van der Waals surface area contributed by atoms with Gasteiger partial charge in [-0.2, -0.15) is 0 Å². The average Bonchev–Trinajstić information content (AvgIpc) is 2.27. The highest BCUT2D eigenvalue weighted by Crippen LogP contribution is 2.05. The third-order valence-electron chi connectivity index (χ3n) is 2.35. The summed E-state index contributed by atoms with van der Waals surface area (Å²) < 4.78 is 28.9. The van der Waals surface area contributed by atoms with Crippen molar-refractivity contribution < 1.29 is 27.9 Å². The Morgan fingerprint density at radius 1 is 1.22 bits per heavy atom. The maximum Gasteiger partial charge on any atom is 0.305 e. The summed E-state index contributed by atoms with van der Waals surface area (Å²) in [4.78, 5) is 21.1. The molecule has 0 saturated carbocycles. The number of nitrogens with zero attached hydrogens (tertiary/aromatic N) is 1. The lowest BCUT2D eigenvalue weighted by Crippen LogP contribution is -2.30. The molecule has 0 unspecified atom stereocenters. The first-order valence-corrected chi connectivity index (χ1v) is 7.13. The van der Waals surface area contributed by atoms with E-state index in [4.69, 9.17) is 5.11 Å². The van der Waals surface area contributed by atoms with Crippen LogP contribution in [0, 0.1) is 0 Å². The van der Waals surface area contributed by atoms with Crippen LogP contribution >= 0.6 is 0 Å². The number of carboxylic acid groups (broad SMARTS) is 1. The second-order valence-corrected chi connectivity index (χ2v) is 6.01. The first-order valence-electron chi connectivity index (χ1n) is 5.52. The molecule has 0 aromatic carbocycles. The molecule has 0 spiro atoms. The van der Waals surface area contributed by atoms with Crippen LogP contribution < -0.4 is 0 Å². The molecule has 0 bridgehead atoms. The zero-order chi connectivity index (χ0) is 14.2. The van der Waals surface area contributed by atoms with Gasteiger partial charge in [0.25, 0.3) is 0 Å². The van der Waals surface area contributed by atoms with Crippen LogP contribution in [0.1, 0.15) is 25.7 Å². The lowest BCUT2D eigenvalue weighted by molar-refractivity contribution is -0.141. The second-order valence-electron chi connectivity index (χ2n) is 3.81. The van der Waals surface area contributed by atoms with Crippen LogP contribution in [-0.4, -0.2) is 56.2 Å². The molecule has 0 aromatic rings. The largest absolute Gasteiger partial charge is 0.481 e. The number of sulfonamides is 1. The van der Waals surface area contributed by atoms with Gasteiger partial charge in [0.05, 0.1) is 12.9 Å². The Morgan fingerprint density at radius 3 is 2.33 bits per heavy atom. The van der Waals surface area contributed by atoms with E-state index in [0.717, 1.165) is 4.31 Å².